The van der Waals surface area contributed by atoms with E-state index in [1.165, 1.54) is 38.5 Å². The van der Waals surface area contributed by atoms with Crippen LogP contribution < -0.4 is 5.73 Å². The normalized spacial score (nSPS) is 29.1. The molecule has 1 saturated carbocycles. The van der Waals surface area contributed by atoms with Gasteiger partial charge in [0.1, 0.15) is 0 Å². The molecule has 1 heteroatoms. The molecule has 0 aliphatic heterocycles. The molecule has 0 bridgehead atoms. The van der Waals surface area contributed by atoms with E-state index in [0.717, 1.165) is 18.4 Å². The lowest BCUT2D eigenvalue weighted by molar-refractivity contribution is 0.116. The van der Waals surface area contributed by atoms with E-state index < -0.39 is 0 Å². The Morgan fingerprint density at radius 3 is 2.57 bits per heavy atom. The minimum Gasteiger partial charge on any atom is -0.330 e. The van der Waals surface area contributed by atoms with Gasteiger partial charge in [-0.2, -0.15) is 0 Å². The summed E-state index contributed by atoms with van der Waals surface area (Å²) in [6.07, 6.45) is 8.35. The molecule has 2 unspecified atom stereocenters. The van der Waals surface area contributed by atoms with Crippen molar-refractivity contribution in [2.75, 3.05) is 6.54 Å². The van der Waals surface area contributed by atoms with Crippen molar-refractivity contribution in [3.63, 3.8) is 0 Å². The van der Waals surface area contributed by atoms with Gasteiger partial charge in [0, 0.05) is 0 Å². The average Bonchev–Trinajstić information content (AvgIpc) is 2.18. The Morgan fingerprint density at radius 2 is 2.00 bits per heavy atom. The molecule has 1 rings (SSSR count). The van der Waals surface area contributed by atoms with Crippen LogP contribution in [0.15, 0.2) is 0 Å². The average molecular weight is 197 g/mol. The van der Waals surface area contributed by atoms with Gasteiger partial charge in [0.25, 0.3) is 0 Å². The molecule has 2 atom stereocenters. The standard InChI is InChI=1S/C13H27N/c1-4-11-6-5-7-12(10-11)13(2,3)8-9-14/h11-12H,4-10,14H2,1-3H3. The van der Waals surface area contributed by atoms with Crippen LogP contribution in [0.1, 0.15) is 59.3 Å². The fourth-order valence-electron chi connectivity index (χ4n) is 2.95. The summed E-state index contributed by atoms with van der Waals surface area (Å²) < 4.78 is 0. The van der Waals surface area contributed by atoms with E-state index in [-0.39, 0.29) is 0 Å². The Morgan fingerprint density at radius 1 is 1.29 bits per heavy atom. The highest BCUT2D eigenvalue weighted by Crippen LogP contribution is 2.42. The summed E-state index contributed by atoms with van der Waals surface area (Å²) in [4.78, 5) is 0. The van der Waals surface area contributed by atoms with Crippen LogP contribution in [0.5, 0.6) is 0 Å². The van der Waals surface area contributed by atoms with Gasteiger partial charge >= 0.3 is 0 Å². The van der Waals surface area contributed by atoms with Gasteiger partial charge in [-0.1, -0.05) is 40.0 Å². The topological polar surface area (TPSA) is 26.0 Å². The van der Waals surface area contributed by atoms with E-state index in [1.807, 2.05) is 0 Å². The minimum atomic E-state index is 0.475. The van der Waals surface area contributed by atoms with Crippen molar-refractivity contribution in [3.05, 3.63) is 0 Å². The van der Waals surface area contributed by atoms with E-state index in [9.17, 15) is 0 Å². The molecular formula is C13H27N. The zero-order valence-electron chi connectivity index (χ0n) is 10.2. The number of rotatable bonds is 4. The molecule has 0 amide bonds. The van der Waals surface area contributed by atoms with Crippen molar-refractivity contribution < 1.29 is 0 Å². The lowest BCUT2D eigenvalue weighted by atomic mass is 9.66. The summed E-state index contributed by atoms with van der Waals surface area (Å²) in [7, 11) is 0. The summed E-state index contributed by atoms with van der Waals surface area (Å²) in [5, 5.41) is 0. The fraction of sp³-hybridized carbons (Fsp3) is 1.00. The van der Waals surface area contributed by atoms with E-state index in [2.05, 4.69) is 20.8 Å². The molecule has 1 aliphatic carbocycles. The van der Waals surface area contributed by atoms with Crippen LogP contribution in [0.4, 0.5) is 0 Å². The Balaban J connectivity index is 2.49. The van der Waals surface area contributed by atoms with Crippen LogP contribution in [0.25, 0.3) is 0 Å². The van der Waals surface area contributed by atoms with Gasteiger partial charge in [-0.15, -0.1) is 0 Å². The second kappa shape index (κ2) is 5.16. The summed E-state index contributed by atoms with van der Waals surface area (Å²) in [5.74, 6) is 1.91. The maximum atomic E-state index is 5.69. The number of hydrogen-bond acceptors (Lipinski definition) is 1. The lowest BCUT2D eigenvalue weighted by Crippen LogP contribution is -2.31. The van der Waals surface area contributed by atoms with Crippen LogP contribution >= 0.6 is 0 Å². The van der Waals surface area contributed by atoms with Gasteiger partial charge in [-0.05, 0) is 43.1 Å². The van der Waals surface area contributed by atoms with E-state index in [4.69, 9.17) is 5.73 Å². The zero-order valence-corrected chi connectivity index (χ0v) is 10.2. The van der Waals surface area contributed by atoms with Gasteiger partial charge in [-0.3, -0.25) is 0 Å². The van der Waals surface area contributed by atoms with Gasteiger partial charge < -0.3 is 5.73 Å². The van der Waals surface area contributed by atoms with Crippen molar-refractivity contribution >= 4 is 0 Å². The highest BCUT2D eigenvalue weighted by molar-refractivity contribution is 4.83. The smallest absolute Gasteiger partial charge is 0.00721 e. The van der Waals surface area contributed by atoms with Gasteiger partial charge in [0.15, 0.2) is 0 Å². The molecule has 2 N–H and O–H groups in total. The molecule has 1 aliphatic rings. The summed E-state index contributed by atoms with van der Waals surface area (Å²) >= 11 is 0. The summed E-state index contributed by atoms with van der Waals surface area (Å²) in [5.41, 5.74) is 6.16. The molecule has 14 heavy (non-hydrogen) atoms. The Hall–Kier alpha value is -0.0400. The predicted octanol–water partition coefficient (Wildman–Crippen LogP) is 3.58. The number of nitrogens with two attached hydrogens (primary N) is 1. The molecule has 0 spiro atoms. The van der Waals surface area contributed by atoms with Gasteiger partial charge in [0.2, 0.25) is 0 Å². The van der Waals surface area contributed by atoms with Crippen LogP contribution in [-0.2, 0) is 0 Å². The van der Waals surface area contributed by atoms with Crippen molar-refractivity contribution in [1.29, 1.82) is 0 Å². The third-order valence-electron chi connectivity index (χ3n) is 4.25. The molecule has 0 heterocycles. The largest absolute Gasteiger partial charge is 0.330 e. The first-order chi connectivity index (χ1) is 6.60. The first-order valence-corrected chi connectivity index (χ1v) is 6.30. The van der Waals surface area contributed by atoms with Gasteiger partial charge in [-0.25, -0.2) is 0 Å². The Labute approximate surface area is 89.5 Å². The third-order valence-corrected chi connectivity index (χ3v) is 4.25. The van der Waals surface area contributed by atoms with Crippen LogP contribution in [-0.4, -0.2) is 6.54 Å². The fourth-order valence-corrected chi connectivity index (χ4v) is 2.95. The predicted molar refractivity (Wildman–Crippen MR) is 63.2 cm³/mol. The van der Waals surface area contributed by atoms with Crippen molar-refractivity contribution in [2.45, 2.75) is 59.3 Å². The second-order valence-electron chi connectivity index (χ2n) is 5.67. The minimum absolute atomic E-state index is 0.475. The molecule has 0 saturated heterocycles. The molecule has 1 fully saturated rings. The van der Waals surface area contributed by atoms with Crippen LogP contribution in [0, 0.1) is 17.3 Å². The molecule has 0 radical (unpaired) electrons. The zero-order chi connectivity index (χ0) is 10.6. The molecule has 0 aromatic carbocycles. The maximum absolute atomic E-state index is 5.69. The number of hydrogen-bond donors (Lipinski definition) is 1. The first kappa shape index (κ1) is 12.0. The molecule has 84 valence electrons. The SMILES string of the molecule is CCC1CCCC(C(C)(C)CCN)C1. The monoisotopic (exact) mass is 197 g/mol. The molecule has 0 aromatic rings. The van der Waals surface area contributed by atoms with E-state index >= 15 is 0 Å². The first-order valence-electron chi connectivity index (χ1n) is 6.30. The van der Waals surface area contributed by atoms with E-state index in [1.54, 1.807) is 0 Å². The van der Waals surface area contributed by atoms with Crippen LogP contribution in [0.3, 0.4) is 0 Å². The Kier molecular flexibility index (Phi) is 4.43. The molecule has 1 nitrogen and oxygen atoms in total. The summed E-state index contributed by atoms with van der Waals surface area (Å²) in [6.45, 7) is 7.99. The third kappa shape index (κ3) is 2.98. The summed E-state index contributed by atoms with van der Waals surface area (Å²) in [6, 6.07) is 0. The Bertz CT molecular complexity index is 163. The van der Waals surface area contributed by atoms with Crippen LogP contribution in [0.2, 0.25) is 0 Å². The maximum Gasteiger partial charge on any atom is -0.00721 e. The van der Waals surface area contributed by atoms with Crippen molar-refractivity contribution in [3.8, 4) is 0 Å². The molecular weight excluding hydrogens is 170 g/mol. The van der Waals surface area contributed by atoms with Crippen molar-refractivity contribution in [2.24, 2.45) is 23.0 Å². The van der Waals surface area contributed by atoms with Crippen molar-refractivity contribution in [1.82, 2.24) is 0 Å². The quantitative estimate of drug-likeness (QED) is 0.732. The van der Waals surface area contributed by atoms with Gasteiger partial charge in [0.05, 0.1) is 0 Å². The second-order valence-corrected chi connectivity index (χ2v) is 5.67. The highest BCUT2D eigenvalue weighted by atomic mass is 14.5. The van der Waals surface area contributed by atoms with E-state index in [0.29, 0.717) is 5.41 Å². The lowest BCUT2D eigenvalue weighted by Gasteiger charge is -2.39. The highest BCUT2D eigenvalue weighted by Gasteiger charge is 2.32. The molecule has 0 aromatic heterocycles.